The molecule has 1 saturated heterocycles. The van der Waals surface area contributed by atoms with Crippen LogP contribution in [-0.2, 0) is 6.54 Å². The minimum atomic E-state index is -0.0714. The zero-order valence-electron chi connectivity index (χ0n) is 14.1. The summed E-state index contributed by atoms with van der Waals surface area (Å²) in [6, 6.07) is 15.6. The second-order valence-electron chi connectivity index (χ2n) is 6.41. The Balaban J connectivity index is 1.30. The summed E-state index contributed by atoms with van der Waals surface area (Å²) in [7, 11) is 0. The van der Waals surface area contributed by atoms with E-state index >= 15 is 0 Å². The quantitative estimate of drug-likeness (QED) is 0.714. The molecule has 1 fully saturated rings. The SMILES string of the molecule is O=c1n(CCN2CCC(Oc3ccccc3)CC2)nc2ccccn12. The number of fused-ring (bicyclic) bond motifs is 1. The number of benzene rings is 1. The molecule has 130 valence electrons. The van der Waals surface area contributed by atoms with Crippen LogP contribution in [0.3, 0.4) is 0 Å². The van der Waals surface area contributed by atoms with Crippen molar-refractivity contribution in [3.8, 4) is 5.75 Å². The Kier molecular flexibility index (Phi) is 4.52. The van der Waals surface area contributed by atoms with Crippen molar-refractivity contribution in [2.75, 3.05) is 19.6 Å². The van der Waals surface area contributed by atoms with Gasteiger partial charge in [0.05, 0.1) is 6.54 Å². The highest BCUT2D eigenvalue weighted by Gasteiger charge is 2.20. The summed E-state index contributed by atoms with van der Waals surface area (Å²) in [5.41, 5.74) is 0.625. The van der Waals surface area contributed by atoms with Gasteiger partial charge in [-0.25, -0.2) is 9.48 Å². The molecule has 0 spiro atoms. The first kappa shape index (κ1) is 15.9. The summed E-state index contributed by atoms with van der Waals surface area (Å²) in [5.74, 6) is 0.942. The first-order chi connectivity index (χ1) is 12.3. The Hall–Kier alpha value is -2.60. The molecule has 1 aliphatic rings. The summed E-state index contributed by atoms with van der Waals surface area (Å²) < 4.78 is 9.17. The van der Waals surface area contributed by atoms with Crippen molar-refractivity contribution in [1.29, 1.82) is 0 Å². The van der Waals surface area contributed by atoms with E-state index in [2.05, 4.69) is 10.00 Å². The Morgan fingerprint density at radius 1 is 1.00 bits per heavy atom. The van der Waals surface area contributed by atoms with Crippen LogP contribution in [0.15, 0.2) is 59.5 Å². The largest absolute Gasteiger partial charge is 0.490 e. The van der Waals surface area contributed by atoms with Crippen LogP contribution in [0.5, 0.6) is 5.75 Å². The number of piperidine rings is 1. The molecule has 25 heavy (non-hydrogen) atoms. The highest BCUT2D eigenvalue weighted by atomic mass is 16.5. The second kappa shape index (κ2) is 7.11. The Morgan fingerprint density at radius 2 is 1.76 bits per heavy atom. The van der Waals surface area contributed by atoms with Gasteiger partial charge in [-0.15, -0.1) is 5.10 Å². The van der Waals surface area contributed by atoms with Crippen molar-refractivity contribution in [3.05, 3.63) is 65.2 Å². The number of pyridine rings is 1. The molecule has 0 bridgehead atoms. The van der Waals surface area contributed by atoms with Gasteiger partial charge in [-0.1, -0.05) is 24.3 Å². The molecule has 0 amide bonds. The number of aromatic nitrogens is 3. The van der Waals surface area contributed by atoms with Crippen LogP contribution in [0.4, 0.5) is 0 Å². The lowest BCUT2D eigenvalue weighted by molar-refractivity contribution is 0.0978. The molecule has 2 aromatic heterocycles. The summed E-state index contributed by atoms with van der Waals surface area (Å²) >= 11 is 0. The molecule has 0 unspecified atom stereocenters. The average molecular weight is 338 g/mol. The predicted molar refractivity (Wildman–Crippen MR) is 96.0 cm³/mol. The van der Waals surface area contributed by atoms with Crippen LogP contribution in [0, 0.1) is 0 Å². The van der Waals surface area contributed by atoms with Crippen molar-refractivity contribution < 1.29 is 4.74 Å². The lowest BCUT2D eigenvalue weighted by Crippen LogP contribution is -2.40. The molecular weight excluding hydrogens is 316 g/mol. The Bertz CT molecular complexity index is 879. The zero-order valence-corrected chi connectivity index (χ0v) is 14.1. The van der Waals surface area contributed by atoms with Gasteiger partial charge in [-0.2, -0.15) is 0 Å². The van der Waals surface area contributed by atoms with E-state index in [4.69, 9.17) is 4.74 Å². The zero-order chi connectivity index (χ0) is 17.1. The summed E-state index contributed by atoms with van der Waals surface area (Å²) in [5, 5.41) is 4.38. The standard InChI is InChI=1S/C19H22N4O2/c24-19-22-11-5-4-8-18(22)20-23(19)15-14-21-12-9-17(10-13-21)25-16-6-2-1-3-7-16/h1-8,11,17H,9-10,12-15H2. The molecule has 6 nitrogen and oxygen atoms in total. The molecule has 0 atom stereocenters. The molecule has 1 aliphatic heterocycles. The number of ether oxygens (including phenoxy) is 1. The molecule has 3 aromatic rings. The van der Waals surface area contributed by atoms with E-state index in [9.17, 15) is 4.79 Å². The summed E-state index contributed by atoms with van der Waals surface area (Å²) in [6.45, 7) is 3.42. The monoisotopic (exact) mass is 338 g/mol. The number of nitrogens with zero attached hydrogens (tertiary/aromatic N) is 4. The molecule has 0 aliphatic carbocycles. The van der Waals surface area contributed by atoms with Crippen LogP contribution in [0.2, 0.25) is 0 Å². The van der Waals surface area contributed by atoms with Gasteiger partial charge in [0.2, 0.25) is 0 Å². The van der Waals surface area contributed by atoms with E-state index in [0.29, 0.717) is 12.2 Å². The Morgan fingerprint density at radius 3 is 2.52 bits per heavy atom. The third-order valence-corrected chi connectivity index (χ3v) is 4.70. The molecule has 0 saturated carbocycles. The second-order valence-corrected chi connectivity index (χ2v) is 6.41. The smallest absolute Gasteiger partial charge is 0.350 e. The van der Waals surface area contributed by atoms with Gasteiger partial charge in [0.1, 0.15) is 11.9 Å². The highest BCUT2D eigenvalue weighted by molar-refractivity contribution is 5.35. The van der Waals surface area contributed by atoms with Gasteiger partial charge < -0.3 is 9.64 Å². The maximum absolute atomic E-state index is 12.3. The topological polar surface area (TPSA) is 51.8 Å². The van der Waals surface area contributed by atoms with Crippen LogP contribution >= 0.6 is 0 Å². The fraction of sp³-hybridized carbons (Fsp3) is 0.368. The van der Waals surface area contributed by atoms with Crippen LogP contribution in [0.1, 0.15) is 12.8 Å². The van der Waals surface area contributed by atoms with Crippen molar-refractivity contribution >= 4 is 5.65 Å². The molecule has 1 aromatic carbocycles. The van der Waals surface area contributed by atoms with E-state index in [1.807, 2.05) is 48.5 Å². The fourth-order valence-corrected chi connectivity index (χ4v) is 3.29. The lowest BCUT2D eigenvalue weighted by atomic mass is 10.1. The maximum Gasteiger partial charge on any atom is 0.350 e. The molecular formula is C19H22N4O2. The van der Waals surface area contributed by atoms with Crippen molar-refractivity contribution in [2.24, 2.45) is 0 Å². The molecule has 4 rings (SSSR count). The molecule has 0 N–H and O–H groups in total. The van der Waals surface area contributed by atoms with Gasteiger partial charge >= 0.3 is 5.69 Å². The van der Waals surface area contributed by atoms with Gasteiger partial charge in [-0.3, -0.25) is 4.40 Å². The van der Waals surface area contributed by atoms with E-state index < -0.39 is 0 Å². The molecule has 0 radical (unpaired) electrons. The molecule has 6 heteroatoms. The highest BCUT2D eigenvalue weighted by Crippen LogP contribution is 2.18. The van der Waals surface area contributed by atoms with Crippen LogP contribution in [0.25, 0.3) is 5.65 Å². The van der Waals surface area contributed by atoms with Crippen molar-refractivity contribution in [3.63, 3.8) is 0 Å². The third kappa shape index (κ3) is 3.58. The van der Waals surface area contributed by atoms with E-state index in [-0.39, 0.29) is 11.8 Å². The van der Waals surface area contributed by atoms with Crippen LogP contribution < -0.4 is 10.4 Å². The third-order valence-electron chi connectivity index (χ3n) is 4.70. The maximum atomic E-state index is 12.3. The number of hydrogen-bond acceptors (Lipinski definition) is 4. The van der Waals surface area contributed by atoms with E-state index in [1.54, 1.807) is 15.3 Å². The first-order valence-corrected chi connectivity index (χ1v) is 8.78. The first-order valence-electron chi connectivity index (χ1n) is 8.78. The fourth-order valence-electron chi connectivity index (χ4n) is 3.29. The van der Waals surface area contributed by atoms with Crippen LogP contribution in [-0.4, -0.2) is 44.8 Å². The van der Waals surface area contributed by atoms with Gasteiger partial charge in [0, 0.05) is 25.8 Å². The van der Waals surface area contributed by atoms with Gasteiger partial charge in [0.25, 0.3) is 0 Å². The van der Waals surface area contributed by atoms with Gasteiger partial charge in [-0.05, 0) is 37.1 Å². The summed E-state index contributed by atoms with van der Waals surface area (Å²) in [4.78, 5) is 14.7. The van der Waals surface area contributed by atoms with Crippen molar-refractivity contribution in [1.82, 2.24) is 19.1 Å². The minimum Gasteiger partial charge on any atom is -0.490 e. The number of para-hydroxylation sites is 1. The minimum absolute atomic E-state index is 0.0714. The normalized spacial score (nSPS) is 16.3. The summed E-state index contributed by atoms with van der Waals surface area (Å²) in [6.07, 6.45) is 4.05. The van der Waals surface area contributed by atoms with E-state index in [0.717, 1.165) is 38.2 Å². The van der Waals surface area contributed by atoms with Crippen molar-refractivity contribution in [2.45, 2.75) is 25.5 Å². The van der Waals surface area contributed by atoms with E-state index in [1.165, 1.54) is 0 Å². The lowest BCUT2D eigenvalue weighted by Gasteiger charge is -2.31. The average Bonchev–Trinajstić information content (AvgIpc) is 2.98. The predicted octanol–water partition coefficient (Wildman–Crippen LogP) is 2.04. The molecule has 3 heterocycles. The Labute approximate surface area is 146 Å². The number of hydrogen-bond donors (Lipinski definition) is 0. The number of likely N-dealkylation sites (tertiary alicyclic amines) is 1. The number of rotatable bonds is 5. The van der Waals surface area contributed by atoms with Gasteiger partial charge in [0.15, 0.2) is 5.65 Å².